The van der Waals surface area contributed by atoms with E-state index in [1.165, 1.54) is 18.2 Å². The SMILES string of the molecule is CCC(C)CNC(=O)c1ccc(F)cc1Br. The van der Waals surface area contributed by atoms with Crippen LogP contribution in [0.4, 0.5) is 4.39 Å². The van der Waals surface area contributed by atoms with Gasteiger partial charge in [0, 0.05) is 11.0 Å². The highest BCUT2D eigenvalue weighted by atomic mass is 79.9. The van der Waals surface area contributed by atoms with Crippen molar-refractivity contribution >= 4 is 21.8 Å². The minimum Gasteiger partial charge on any atom is -0.352 e. The summed E-state index contributed by atoms with van der Waals surface area (Å²) >= 11 is 3.17. The van der Waals surface area contributed by atoms with Gasteiger partial charge in [0.25, 0.3) is 5.91 Å². The maximum atomic E-state index is 12.8. The van der Waals surface area contributed by atoms with Crippen molar-refractivity contribution in [3.63, 3.8) is 0 Å². The standard InChI is InChI=1S/C12H15BrFNO/c1-3-8(2)7-15-12(16)10-5-4-9(14)6-11(10)13/h4-6,8H,3,7H2,1-2H3,(H,15,16). The van der Waals surface area contributed by atoms with E-state index in [0.717, 1.165) is 6.42 Å². The molecule has 0 spiro atoms. The van der Waals surface area contributed by atoms with Crippen molar-refractivity contribution in [2.75, 3.05) is 6.54 Å². The minimum absolute atomic E-state index is 0.174. The van der Waals surface area contributed by atoms with E-state index in [9.17, 15) is 9.18 Å². The molecule has 0 aliphatic carbocycles. The Labute approximate surface area is 103 Å². The molecule has 0 fully saturated rings. The van der Waals surface area contributed by atoms with Crippen LogP contribution in [0.1, 0.15) is 30.6 Å². The van der Waals surface area contributed by atoms with Gasteiger partial charge in [-0.15, -0.1) is 0 Å². The summed E-state index contributed by atoms with van der Waals surface area (Å²) in [5, 5.41) is 2.82. The van der Waals surface area contributed by atoms with E-state index in [4.69, 9.17) is 0 Å². The molecule has 1 amide bonds. The van der Waals surface area contributed by atoms with Gasteiger partial charge >= 0.3 is 0 Å². The van der Waals surface area contributed by atoms with Crippen LogP contribution < -0.4 is 5.32 Å². The lowest BCUT2D eigenvalue weighted by molar-refractivity contribution is 0.0947. The highest BCUT2D eigenvalue weighted by Crippen LogP contribution is 2.17. The van der Waals surface area contributed by atoms with Gasteiger partial charge in [-0.3, -0.25) is 4.79 Å². The van der Waals surface area contributed by atoms with Crippen LogP contribution in [0, 0.1) is 11.7 Å². The summed E-state index contributed by atoms with van der Waals surface area (Å²) < 4.78 is 13.3. The van der Waals surface area contributed by atoms with Crippen molar-refractivity contribution in [2.45, 2.75) is 20.3 Å². The first-order valence-corrected chi connectivity index (χ1v) is 6.07. The zero-order valence-electron chi connectivity index (χ0n) is 9.39. The fourth-order valence-corrected chi connectivity index (χ4v) is 1.71. The summed E-state index contributed by atoms with van der Waals surface area (Å²) in [6, 6.07) is 4.05. The molecule has 16 heavy (non-hydrogen) atoms. The first kappa shape index (κ1) is 13.2. The van der Waals surface area contributed by atoms with Crippen molar-refractivity contribution in [2.24, 2.45) is 5.92 Å². The van der Waals surface area contributed by atoms with Crippen molar-refractivity contribution in [1.82, 2.24) is 5.32 Å². The molecule has 0 saturated carbocycles. The van der Waals surface area contributed by atoms with Crippen LogP contribution in [-0.4, -0.2) is 12.5 Å². The van der Waals surface area contributed by atoms with Gasteiger partial charge in [-0.05, 0) is 40.0 Å². The molecular weight excluding hydrogens is 273 g/mol. The Morgan fingerprint density at radius 3 is 2.81 bits per heavy atom. The molecule has 0 aliphatic heterocycles. The van der Waals surface area contributed by atoms with Crippen molar-refractivity contribution in [1.29, 1.82) is 0 Å². The maximum absolute atomic E-state index is 12.8. The number of rotatable bonds is 4. The predicted octanol–water partition coefficient (Wildman–Crippen LogP) is 3.36. The first-order valence-electron chi connectivity index (χ1n) is 5.27. The molecule has 0 aliphatic rings. The Kier molecular flexibility index (Phi) is 4.93. The molecule has 1 aromatic rings. The van der Waals surface area contributed by atoms with Gasteiger partial charge < -0.3 is 5.32 Å². The normalized spacial score (nSPS) is 12.2. The Morgan fingerprint density at radius 1 is 1.56 bits per heavy atom. The van der Waals surface area contributed by atoms with Crippen LogP contribution in [0.25, 0.3) is 0 Å². The second-order valence-corrected chi connectivity index (χ2v) is 4.70. The summed E-state index contributed by atoms with van der Waals surface area (Å²) in [7, 11) is 0. The molecule has 2 nitrogen and oxygen atoms in total. The molecule has 1 rings (SSSR count). The number of hydrogen-bond donors (Lipinski definition) is 1. The Bertz CT molecular complexity index is 381. The minimum atomic E-state index is -0.356. The van der Waals surface area contributed by atoms with Crippen LogP contribution in [0.2, 0.25) is 0 Å². The Hall–Kier alpha value is -0.900. The van der Waals surface area contributed by atoms with Crippen LogP contribution in [0.5, 0.6) is 0 Å². The number of amides is 1. The fraction of sp³-hybridized carbons (Fsp3) is 0.417. The Morgan fingerprint density at radius 2 is 2.25 bits per heavy atom. The van der Waals surface area contributed by atoms with E-state index >= 15 is 0 Å². The Balaban J connectivity index is 2.66. The maximum Gasteiger partial charge on any atom is 0.252 e. The summed E-state index contributed by atoms with van der Waals surface area (Å²) in [4.78, 5) is 11.7. The van der Waals surface area contributed by atoms with Crippen LogP contribution in [0.15, 0.2) is 22.7 Å². The number of carbonyl (C=O) groups is 1. The molecule has 1 atom stereocenters. The fourth-order valence-electron chi connectivity index (χ4n) is 1.18. The molecule has 0 radical (unpaired) electrons. The molecular formula is C12H15BrFNO. The molecule has 0 heterocycles. The van der Waals surface area contributed by atoms with Crippen LogP contribution >= 0.6 is 15.9 Å². The average Bonchev–Trinajstić information content (AvgIpc) is 2.25. The van der Waals surface area contributed by atoms with Gasteiger partial charge in [0.05, 0.1) is 5.56 Å². The molecule has 1 N–H and O–H groups in total. The zero-order valence-corrected chi connectivity index (χ0v) is 11.0. The van der Waals surface area contributed by atoms with Crippen LogP contribution in [0.3, 0.4) is 0 Å². The average molecular weight is 288 g/mol. The number of halogens is 2. The molecule has 88 valence electrons. The highest BCUT2D eigenvalue weighted by Gasteiger charge is 2.11. The van der Waals surface area contributed by atoms with E-state index in [1.807, 2.05) is 0 Å². The summed E-state index contributed by atoms with van der Waals surface area (Å²) in [6.07, 6.45) is 1.02. The zero-order chi connectivity index (χ0) is 12.1. The van der Waals surface area contributed by atoms with E-state index in [2.05, 4.69) is 35.1 Å². The largest absolute Gasteiger partial charge is 0.352 e. The van der Waals surface area contributed by atoms with E-state index < -0.39 is 0 Å². The topological polar surface area (TPSA) is 29.1 Å². The van der Waals surface area contributed by atoms with Gasteiger partial charge in [-0.2, -0.15) is 0 Å². The van der Waals surface area contributed by atoms with Crippen molar-refractivity contribution < 1.29 is 9.18 Å². The molecule has 1 unspecified atom stereocenters. The molecule has 0 bridgehead atoms. The summed E-state index contributed by atoms with van der Waals surface area (Å²) in [5.41, 5.74) is 0.463. The molecule has 4 heteroatoms. The molecule has 1 aromatic carbocycles. The predicted molar refractivity (Wildman–Crippen MR) is 65.9 cm³/mol. The van der Waals surface area contributed by atoms with E-state index in [-0.39, 0.29) is 11.7 Å². The molecule has 0 aromatic heterocycles. The lowest BCUT2D eigenvalue weighted by atomic mass is 10.1. The first-order chi connectivity index (χ1) is 7.54. The number of hydrogen-bond acceptors (Lipinski definition) is 1. The number of carbonyl (C=O) groups excluding carboxylic acids is 1. The van der Waals surface area contributed by atoms with E-state index in [1.54, 1.807) is 0 Å². The van der Waals surface area contributed by atoms with Crippen molar-refractivity contribution in [3.8, 4) is 0 Å². The summed E-state index contributed by atoms with van der Waals surface area (Å²) in [5.74, 6) is -0.0827. The van der Waals surface area contributed by atoms with Crippen molar-refractivity contribution in [3.05, 3.63) is 34.1 Å². The van der Waals surface area contributed by atoms with Gasteiger partial charge in [-0.1, -0.05) is 20.3 Å². The lowest BCUT2D eigenvalue weighted by Crippen LogP contribution is -2.28. The van der Waals surface area contributed by atoms with E-state index in [0.29, 0.717) is 22.5 Å². The van der Waals surface area contributed by atoms with Gasteiger partial charge in [0.2, 0.25) is 0 Å². The van der Waals surface area contributed by atoms with Gasteiger partial charge in [0.15, 0.2) is 0 Å². The third kappa shape index (κ3) is 3.59. The second-order valence-electron chi connectivity index (χ2n) is 3.85. The molecule has 0 saturated heterocycles. The quantitative estimate of drug-likeness (QED) is 0.904. The highest BCUT2D eigenvalue weighted by molar-refractivity contribution is 9.10. The third-order valence-corrected chi connectivity index (χ3v) is 3.14. The number of benzene rings is 1. The second kappa shape index (κ2) is 5.99. The monoisotopic (exact) mass is 287 g/mol. The third-order valence-electron chi connectivity index (χ3n) is 2.48. The number of nitrogens with one attached hydrogen (secondary N) is 1. The van der Waals surface area contributed by atoms with Gasteiger partial charge in [0.1, 0.15) is 5.82 Å². The van der Waals surface area contributed by atoms with Gasteiger partial charge in [-0.25, -0.2) is 4.39 Å². The smallest absolute Gasteiger partial charge is 0.252 e. The summed E-state index contributed by atoms with van der Waals surface area (Å²) in [6.45, 7) is 4.78. The lowest BCUT2D eigenvalue weighted by Gasteiger charge is -2.10. The van der Waals surface area contributed by atoms with Crippen LogP contribution in [-0.2, 0) is 0 Å².